The van der Waals surface area contributed by atoms with Crippen molar-refractivity contribution in [1.82, 2.24) is 0 Å². The van der Waals surface area contributed by atoms with Gasteiger partial charge in [-0.05, 0) is 53.6 Å². The van der Waals surface area contributed by atoms with Crippen LogP contribution < -0.4 is 5.73 Å². The lowest BCUT2D eigenvalue weighted by Gasteiger charge is -2.05. The van der Waals surface area contributed by atoms with E-state index in [0.29, 0.717) is 11.8 Å². The summed E-state index contributed by atoms with van der Waals surface area (Å²) in [6, 6.07) is 16.7. The molecule has 92 valence electrons. The van der Waals surface area contributed by atoms with Crippen molar-refractivity contribution >= 4 is 11.6 Å². The fraction of sp³-hybridized carbons (Fsp3) is 0.250. The molecule has 1 aliphatic carbocycles. The molecule has 0 heterocycles. The first-order valence-corrected chi connectivity index (χ1v) is 6.71. The van der Waals surface area contributed by atoms with E-state index in [2.05, 4.69) is 30.3 Å². The predicted molar refractivity (Wildman–Crippen MR) is 76.8 cm³/mol. The van der Waals surface area contributed by atoms with Gasteiger partial charge in [-0.1, -0.05) is 48.0 Å². The lowest BCUT2D eigenvalue weighted by atomic mass is 10.0. The second kappa shape index (κ2) is 4.75. The maximum Gasteiger partial charge on any atom is 0.0412 e. The average Bonchev–Trinajstić information content (AvgIpc) is 3.18. The van der Waals surface area contributed by atoms with E-state index in [4.69, 9.17) is 17.3 Å². The average molecular weight is 258 g/mol. The summed E-state index contributed by atoms with van der Waals surface area (Å²) in [4.78, 5) is 0. The van der Waals surface area contributed by atoms with Crippen LogP contribution in [0, 0.1) is 5.92 Å². The molecule has 18 heavy (non-hydrogen) atoms. The number of hydrogen-bond acceptors (Lipinski definition) is 1. The van der Waals surface area contributed by atoms with Crippen LogP contribution in [-0.2, 0) is 0 Å². The second-order valence-corrected chi connectivity index (χ2v) is 5.41. The Balaban J connectivity index is 1.92. The van der Waals surface area contributed by atoms with E-state index >= 15 is 0 Å². The van der Waals surface area contributed by atoms with Gasteiger partial charge in [0.15, 0.2) is 0 Å². The number of nitrogens with two attached hydrogens (primary N) is 1. The van der Waals surface area contributed by atoms with Crippen LogP contribution in [0.2, 0.25) is 5.02 Å². The summed E-state index contributed by atoms with van der Waals surface area (Å²) in [6.07, 6.45) is 1.23. The minimum Gasteiger partial charge on any atom is -0.330 e. The normalized spacial score (nSPS) is 21.9. The van der Waals surface area contributed by atoms with Gasteiger partial charge >= 0.3 is 0 Å². The maximum atomic E-state index is 6.04. The van der Waals surface area contributed by atoms with Gasteiger partial charge in [-0.25, -0.2) is 0 Å². The highest BCUT2D eigenvalue weighted by Gasteiger charge is 2.36. The third kappa shape index (κ3) is 2.29. The van der Waals surface area contributed by atoms with Crippen LogP contribution in [0.3, 0.4) is 0 Å². The largest absolute Gasteiger partial charge is 0.330 e. The molecule has 1 aliphatic rings. The van der Waals surface area contributed by atoms with Gasteiger partial charge in [-0.3, -0.25) is 0 Å². The van der Waals surface area contributed by atoms with E-state index in [-0.39, 0.29) is 0 Å². The van der Waals surface area contributed by atoms with Gasteiger partial charge in [-0.15, -0.1) is 0 Å². The van der Waals surface area contributed by atoms with Crippen molar-refractivity contribution in [2.45, 2.75) is 12.3 Å². The molecule has 0 saturated heterocycles. The molecule has 1 fully saturated rings. The van der Waals surface area contributed by atoms with Crippen molar-refractivity contribution in [3.05, 3.63) is 59.1 Å². The molecule has 2 N–H and O–H groups in total. The lowest BCUT2D eigenvalue weighted by molar-refractivity contribution is 0.810. The van der Waals surface area contributed by atoms with Gasteiger partial charge in [0.1, 0.15) is 0 Å². The molecule has 2 atom stereocenters. The zero-order chi connectivity index (χ0) is 12.5. The van der Waals surface area contributed by atoms with Crippen molar-refractivity contribution in [3.8, 4) is 11.1 Å². The first-order valence-electron chi connectivity index (χ1n) is 6.34. The summed E-state index contributed by atoms with van der Waals surface area (Å²) in [5.41, 5.74) is 9.53. The van der Waals surface area contributed by atoms with Crippen molar-refractivity contribution in [3.63, 3.8) is 0 Å². The number of rotatable bonds is 3. The highest BCUT2D eigenvalue weighted by molar-refractivity contribution is 6.30. The molecular formula is C16H16ClN. The van der Waals surface area contributed by atoms with E-state index < -0.39 is 0 Å². The molecule has 0 spiro atoms. The van der Waals surface area contributed by atoms with E-state index in [1.165, 1.54) is 23.1 Å². The Morgan fingerprint density at radius 2 is 1.78 bits per heavy atom. The van der Waals surface area contributed by atoms with Crippen LogP contribution in [0.5, 0.6) is 0 Å². The van der Waals surface area contributed by atoms with Crippen LogP contribution in [-0.4, -0.2) is 6.54 Å². The second-order valence-electron chi connectivity index (χ2n) is 4.97. The topological polar surface area (TPSA) is 26.0 Å². The SMILES string of the molecule is NC[C@@H]1C[C@H]1c1cccc(-c2cccc(Cl)c2)c1. The Hall–Kier alpha value is -1.31. The Morgan fingerprint density at radius 1 is 1.06 bits per heavy atom. The van der Waals surface area contributed by atoms with Crippen LogP contribution in [0.1, 0.15) is 17.9 Å². The van der Waals surface area contributed by atoms with Gasteiger partial charge in [0.25, 0.3) is 0 Å². The van der Waals surface area contributed by atoms with Gasteiger partial charge in [0.05, 0.1) is 0 Å². The Labute approximate surface area is 113 Å². The minimum atomic E-state index is 0.661. The zero-order valence-corrected chi connectivity index (χ0v) is 10.9. The van der Waals surface area contributed by atoms with Crippen molar-refractivity contribution < 1.29 is 0 Å². The molecule has 2 aromatic carbocycles. The molecule has 0 bridgehead atoms. The summed E-state index contributed by atoms with van der Waals surface area (Å²) in [5, 5.41) is 0.782. The van der Waals surface area contributed by atoms with Gasteiger partial charge in [0, 0.05) is 5.02 Å². The fourth-order valence-electron chi connectivity index (χ4n) is 2.53. The molecule has 0 aromatic heterocycles. The fourth-order valence-corrected chi connectivity index (χ4v) is 2.72. The molecule has 0 unspecified atom stereocenters. The Bertz CT molecular complexity index is 565. The maximum absolute atomic E-state index is 6.04. The van der Waals surface area contributed by atoms with Crippen LogP contribution in [0.25, 0.3) is 11.1 Å². The molecule has 0 aliphatic heterocycles. The molecule has 0 radical (unpaired) electrons. The van der Waals surface area contributed by atoms with E-state index in [9.17, 15) is 0 Å². The summed E-state index contributed by atoms with van der Waals surface area (Å²) in [5.74, 6) is 1.34. The summed E-state index contributed by atoms with van der Waals surface area (Å²) in [6.45, 7) is 0.798. The van der Waals surface area contributed by atoms with Crippen molar-refractivity contribution in [1.29, 1.82) is 0 Å². The first kappa shape index (κ1) is 11.8. The van der Waals surface area contributed by atoms with E-state index in [1.54, 1.807) is 0 Å². The molecule has 2 aromatic rings. The van der Waals surface area contributed by atoms with E-state index in [0.717, 1.165) is 11.6 Å². The summed E-state index contributed by atoms with van der Waals surface area (Å²) in [7, 11) is 0. The van der Waals surface area contributed by atoms with Crippen LogP contribution in [0.4, 0.5) is 0 Å². The Kier molecular flexibility index (Phi) is 3.11. The molecule has 3 rings (SSSR count). The smallest absolute Gasteiger partial charge is 0.0412 e. The molecule has 1 nitrogen and oxygen atoms in total. The standard InChI is InChI=1S/C16H16ClN/c17-15-6-2-4-12(8-15)11-3-1-5-13(7-11)16-9-14(16)10-18/h1-8,14,16H,9-10,18H2/t14-,16-/m0/s1. The zero-order valence-electron chi connectivity index (χ0n) is 10.1. The Morgan fingerprint density at radius 3 is 2.44 bits per heavy atom. The predicted octanol–water partition coefficient (Wildman–Crippen LogP) is 4.07. The molecule has 0 amide bonds. The highest BCUT2D eigenvalue weighted by Crippen LogP contribution is 2.47. The summed E-state index contributed by atoms with van der Waals surface area (Å²) < 4.78 is 0. The summed E-state index contributed by atoms with van der Waals surface area (Å²) >= 11 is 6.04. The highest BCUT2D eigenvalue weighted by atomic mass is 35.5. The number of halogens is 1. The van der Waals surface area contributed by atoms with Crippen molar-refractivity contribution in [2.75, 3.05) is 6.54 Å². The van der Waals surface area contributed by atoms with E-state index in [1.807, 2.05) is 18.2 Å². The first-order chi connectivity index (χ1) is 8.78. The third-order valence-electron chi connectivity index (χ3n) is 3.70. The number of hydrogen-bond donors (Lipinski definition) is 1. The van der Waals surface area contributed by atoms with Gasteiger partial charge < -0.3 is 5.73 Å². The molecule has 2 heteroatoms. The third-order valence-corrected chi connectivity index (χ3v) is 3.93. The lowest BCUT2D eigenvalue weighted by Crippen LogP contribution is -2.01. The van der Waals surface area contributed by atoms with Crippen LogP contribution >= 0.6 is 11.6 Å². The van der Waals surface area contributed by atoms with Gasteiger partial charge in [-0.2, -0.15) is 0 Å². The minimum absolute atomic E-state index is 0.661. The number of benzene rings is 2. The van der Waals surface area contributed by atoms with Crippen LogP contribution in [0.15, 0.2) is 48.5 Å². The monoisotopic (exact) mass is 257 g/mol. The van der Waals surface area contributed by atoms with Crippen molar-refractivity contribution in [2.24, 2.45) is 11.7 Å². The quantitative estimate of drug-likeness (QED) is 0.881. The molecular weight excluding hydrogens is 242 g/mol. The molecule has 1 saturated carbocycles. The van der Waals surface area contributed by atoms with Gasteiger partial charge in [0.2, 0.25) is 0 Å².